The van der Waals surface area contributed by atoms with Crippen LogP contribution in [0.25, 0.3) is 0 Å². The van der Waals surface area contributed by atoms with Gasteiger partial charge in [0.2, 0.25) is 10.0 Å². The molecule has 1 aromatic rings. The van der Waals surface area contributed by atoms with Crippen LogP contribution in [0.3, 0.4) is 0 Å². The lowest BCUT2D eigenvalue weighted by molar-refractivity contribution is 0.148. The number of ether oxygens (including phenoxy) is 1. The number of hydrogen-bond donors (Lipinski definition) is 0. The first-order chi connectivity index (χ1) is 8.98. The maximum Gasteiger partial charge on any atom is 0.246 e. The fraction of sp³-hybridized carbons (Fsp3) is 0.667. The molecular weight excluding hydrogens is 290 g/mol. The SMILES string of the molecule is Cc1oc(C)c(S(=O)(=O)N2CCCOCC2)c1CCl. The maximum atomic E-state index is 12.7. The second-order valence-electron chi connectivity index (χ2n) is 4.53. The lowest BCUT2D eigenvalue weighted by Crippen LogP contribution is -2.33. The summed E-state index contributed by atoms with van der Waals surface area (Å²) in [6.45, 7) is 5.24. The molecule has 1 saturated heterocycles. The van der Waals surface area contributed by atoms with E-state index in [0.717, 1.165) is 0 Å². The third-order valence-electron chi connectivity index (χ3n) is 3.24. The molecule has 1 aromatic heterocycles. The fourth-order valence-corrected chi connectivity index (χ4v) is 4.57. The first-order valence-corrected chi connectivity index (χ1v) is 8.18. The van der Waals surface area contributed by atoms with Crippen molar-refractivity contribution in [1.29, 1.82) is 0 Å². The Morgan fingerprint density at radius 1 is 1.21 bits per heavy atom. The number of alkyl halides is 1. The predicted molar refractivity (Wildman–Crippen MR) is 71.9 cm³/mol. The summed E-state index contributed by atoms with van der Waals surface area (Å²) in [5.41, 5.74) is 0.560. The predicted octanol–water partition coefficient (Wildman–Crippen LogP) is 2.05. The zero-order chi connectivity index (χ0) is 14.0. The van der Waals surface area contributed by atoms with E-state index in [1.54, 1.807) is 13.8 Å². The minimum atomic E-state index is -3.56. The average Bonchev–Trinajstić information content (AvgIpc) is 2.58. The van der Waals surface area contributed by atoms with Crippen LogP contribution in [0.15, 0.2) is 9.31 Å². The van der Waals surface area contributed by atoms with Crippen molar-refractivity contribution in [1.82, 2.24) is 4.31 Å². The first kappa shape index (κ1) is 14.8. The highest BCUT2D eigenvalue weighted by molar-refractivity contribution is 7.89. The highest BCUT2D eigenvalue weighted by Crippen LogP contribution is 2.30. The van der Waals surface area contributed by atoms with E-state index < -0.39 is 10.0 Å². The van der Waals surface area contributed by atoms with Gasteiger partial charge in [-0.15, -0.1) is 11.6 Å². The van der Waals surface area contributed by atoms with Gasteiger partial charge in [-0.3, -0.25) is 0 Å². The average molecular weight is 308 g/mol. The molecule has 1 aliphatic heterocycles. The molecule has 0 unspecified atom stereocenters. The molecule has 0 saturated carbocycles. The van der Waals surface area contributed by atoms with E-state index in [1.165, 1.54) is 4.31 Å². The van der Waals surface area contributed by atoms with Crippen molar-refractivity contribution in [2.45, 2.75) is 31.0 Å². The van der Waals surface area contributed by atoms with Gasteiger partial charge in [0.05, 0.1) is 12.5 Å². The molecule has 0 aliphatic carbocycles. The lowest BCUT2D eigenvalue weighted by atomic mass is 10.3. The van der Waals surface area contributed by atoms with Crippen LogP contribution >= 0.6 is 11.6 Å². The van der Waals surface area contributed by atoms with Gasteiger partial charge in [-0.2, -0.15) is 4.31 Å². The van der Waals surface area contributed by atoms with Crippen LogP contribution < -0.4 is 0 Å². The van der Waals surface area contributed by atoms with E-state index >= 15 is 0 Å². The number of rotatable bonds is 3. The van der Waals surface area contributed by atoms with Gasteiger partial charge in [-0.05, 0) is 20.3 Å². The van der Waals surface area contributed by atoms with Gasteiger partial charge in [0, 0.05) is 25.3 Å². The molecule has 0 radical (unpaired) electrons. The van der Waals surface area contributed by atoms with Crippen molar-refractivity contribution in [3.8, 4) is 0 Å². The zero-order valence-corrected chi connectivity index (χ0v) is 12.7. The molecule has 0 amide bonds. The van der Waals surface area contributed by atoms with Crippen LogP contribution in [0, 0.1) is 13.8 Å². The second kappa shape index (κ2) is 5.83. The molecule has 2 rings (SSSR count). The monoisotopic (exact) mass is 307 g/mol. The normalized spacial score (nSPS) is 18.5. The lowest BCUT2D eigenvalue weighted by Gasteiger charge is -2.19. The van der Waals surface area contributed by atoms with E-state index in [4.69, 9.17) is 20.8 Å². The summed E-state index contributed by atoms with van der Waals surface area (Å²) in [7, 11) is -3.56. The molecule has 1 aliphatic rings. The van der Waals surface area contributed by atoms with Crippen LogP contribution in [0.4, 0.5) is 0 Å². The number of furan rings is 1. The third-order valence-corrected chi connectivity index (χ3v) is 5.60. The Bertz CT molecular complexity index is 544. The summed E-state index contributed by atoms with van der Waals surface area (Å²) in [5.74, 6) is 1.10. The minimum Gasteiger partial charge on any atom is -0.465 e. The molecule has 0 aromatic carbocycles. The smallest absolute Gasteiger partial charge is 0.246 e. The Morgan fingerprint density at radius 3 is 2.63 bits per heavy atom. The largest absolute Gasteiger partial charge is 0.465 e. The number of nitrogens with zero attached hydrogens (tertiary/aromatic N) is 1. The molecule has 0 bridgehead atoms. The first-order valence-electron chi connectivity index (χ1n) is 6.21. The molecule has 0 atom stereocenters. The van der Waals surface area contributed by atoms with Crippen LogP contribution in [-0.2, 0) is 20.6 Å². The Balaban J connectivity index is 2.43. The van der Waals surface area contributed by atoms with Gasteiger partial charge in [-0.1, -0.05) is 0 Å². The Kier molecular flexibility index (Phi) is 4.55. The van der Waals surface area contributed by atoms with Crippen LogP contribution in [-0.4, -0.2) is 39.0 Å². The van der Waals surface area contributed by atoms with Gasteiger partial charge >= 0.3 is 0 Å². The Hall–Kier alpha value is -0.560. The van der Waals surface area contributed by atoms with Crippen LogP contribution in [0.1, 0.15) is 23.5 Å². The summed E-state index contributed by atoms with van der Waals surface area (Å²) < 4.78 is 37.6. The molecule has 19 heavy (non-hydrogen) atoms. The minimum absolute atomic E-state index is 0.127. The highest BCUT2D eigenvalue weighted by Gasteiger charge is 2.32. The summed E-state index contributed by atoms with van der Waals surface area (Å²) in [6, 6.07) is 0. The fourth-order valence-electron chi connectivity index (χ4n) is 2.29. The zero-order valence-electron chi connectivity index (χ0n) is 11.1. The molecule has 5 nitrogen and oxygen atoms in total. The van der Waals surface area contributed by atoms with Crippen molar-refractivity contribution >= 4 is 21.6 Å². The van der Waals surface area contributed by atoms with Gasteiger partial charge < -0.3 is 9.15 Å². The number of hydrogen-bond acceptors (Lipinski definition) is 4. The van der Waals surface area contributed by atoms with E-state index in [1.807, 2.05) is 0 Å². The van der Waals surface area contributed by atoms with Gasteiger partial charge in [-0.25, -0.2) is 8.42 Å². The van der Waals surface area contributed by atoms with Crippen molar-refractivity contribution in [3.05, 3.63) is 17.1 Å². The standard InChI is InChI=1S/C12H18ClNO4S/c1-9-11(8-13)12(10(2)18-9)19(15,16)14-4-3-6-17-7-5-14/h3-8H2,1-2H3. The molecule has 2 heterocycles. The van der Waals surface area contributed by atoms with Crippen molar-refractivity contribution in [2.75, 3.05) is 26.3 Å². The van der Waals surface area contributed by atoms with Gasteiger partial charge in [0.25, 0.3) is 0 Å². The molecular formula is C12H18ClNO4S. The topological polar surface area (TPSA) is 59.8 Å². The maximum absolute atomic E-state index is 12.7. The highest BCUT2D eigenvalue weighted by atomic mass is 35.5. The van der Waals surface area contributed by atoms with Gasteiger partial charge in [0.1, 0.15) is 16.4 Å². The summed E-state index contributed by atoms with van der Waals surface area (Å²) >= 11 is 5.86. The molecule has 0 N–H and O–H groups in total. The van der Waals surface area contributed by atoms with E-state index in [9.17, 15) is 8.42 Å². The molecule has 0 spiro atoms. The van der Waals surface area contributed by atoms with Crippen molar-refractivity contribution in [2.24, 2.45) is 0 Å². The second-order valence-corrected chi connectivity index (χ2v) is 6.67. The quantitative estimate of drug-likeness (QED) is 0.802. The van der Waals surface area contributed by atoms with E-state index in [-0.39, 0.29) is 10.8 Å². The molecule has 1 fully saturated rings. The number of sulfonamides is 1. The van der Waals surface area contributed by atoms with E-state index in [0.29, 0.717) is 49.8 Å². The summed E-state index contributed by atoms with van der Waals surface area (Å²) in [4.78, 5) is 0.224. The van der Waals surface area contributed by atoms with Gasteiger partial charge in [0.15, 0.2) is 0 Å². The molecule has 108 valence electrons. The van der Waals surface area contributed by atoms with Crippen molar-refractivity contribution < 1.29 is 17.6 Å². The molecule has 7 heteroatoms. The Morgan fingerprint density at radius 2 is 1.95 bits per heavy atom. The summed E-state index contributed by atoms with van der Waals surface area (Å²) in [5, 5.41) is 0. The number of aryl methyl sites for hydroxylation is 2. The van der Waals surface area contributed by atoms with Crippen LogP contribution in [0.5, 0.6) is 0 Å². The summed E-state index contributed by atoms with van der Waals surface area (Å²) in [6.07, 6.45) is 0.700. The Labute approximate surface area is 118 Å². The number of halogens is 1. The van der Waals surface area contributed by atoms with E-state index in [2.05, 4.69) is 0 Å². The van der Waals surface area contributed by atoms with Crippen LogP contribution in [0.2, 0.25) is 0 Å². The third kappa shape index (κ3) is 2.81. The van der Waals surface area contributed by atoms with Crippen molar-refractivity contribution in [3.63, 3.8) is 0 Å².